The molecule has 0 aliphatic carbocycles. The Kier molecular flexibility index (Phi) is 6.30. The third-order valence-corrected chi connectivity index (χ3v) is 4.37. The molecule has 3 N–H and O–H groups in total. The second kappa shape index (κ2) is 8.69. The normalized spacial score (nSPS) is 27.8. The van der Waals surface area contributed by atoms with Gasteiger partial charge in [0.05, 0.1) is 5.56 Å². The highest BCUT2D eigenvalue weighted by atomic mass is 35.5. The number of esters is 1. The molecule has 144 valence electrons. The summed E-state index contributed by atoms with van der Waals surface area (Å²) in [6.45, 7) is -0.332. The van der Waals surface area contributed by atoms with Crippen molar-refractivity contribution in [3.63, 3.8) is 0 Å². The van der Waals surface area contributed by atoms with Crippen molar-refractivity contribution >= 4 is 17.6 Å². The fraction of sp³-hybridized carbons (Fsp3) is 0.316. The molecule has 3 rings (SSSR count). The first-order valence-electron chi connectivity index (χ1n) is 8.30. The van der Waals surface area contributed by atoms with Crippen LogP contribution in [-0.4, -0.2) is 58.6 Å². The van der Waals surface area contributed by atoms with Crippen molar-refractivity contribution in [2.24, 2.45) is 0 Å². The molecule has 1 aliphatic rings. The van der Waals surface area contributed by atoms with Crippen LogP contribution >= 0.6 is 11.6 Å². The van der Waals surface area contributed by atoms with Crippen molar-refractivity contribution in [3.05, 3.63) is 65.2 Å². The molecule has 2 aromatic rings. The minimum absolute atomic E-state index is 0.280. The lowest BCUT2D eigenvalue weighted by Crippen LogP contribution is -2.60. The van der Waals surface area contributed by atoms with E-state index in [4.69, 9.17) is 25.8 Å². The Labute approximate surface area is 160 Å². The lowest BCUT2D eigenvalue weighted by Gasteiger charge is -2.39. The first-order chi connectivity index (χ1) is 13.0. The summed E-state index contributed by atoms with van der Waals surface area (Å²) < 4.78 is 16.2. The zero-order valence-corrected chi connectivity index (χ0v) is 14.9. The second-order valence-corrected chi connectivity index (χ2v) is 6.49. The Morgan fingerprint density at radius 2 is 1.63 bits per heavy atom. The zero-order valence-electron chi connectivity index (χ0n) is 14.1. The number of aliphatic hydroxyl groups is 3. The van der Waals surface area contributed by atoms with Crippen molar-refractivity contribution in [3.8, 4) is 5.75 Å². The summed E-state index contributed by atoms with van der Waals surface area (Å²) in [7, 11) is 0. The van der Waals surface area contributed by atoms with Crippen molar-refractivity contribution in [1.29, 1.82) is 0 Å². The molecule has 0 unspecified atom stereocenters. The molecule has 0 aromatic heterocycles. The molecule has 1 saturated heterocycles. The molecule has 1 aliphatic heterocycles. The number of ether oxygens (including phenoxy) is 3. The fourth-order valence-electron chi connectivity index (χ4n) is 2.61. The number of carbonyl (C=O) groups excluding carboxylic acids is 1. The highest BCUT2D eigenvalue weighted by molar-refractivity contribution is 6.30. The molecule has 0 bridgehead atoms. The van der Waals surface area contributed by atoms with Crippen LogP contribution in [0.2, 0.25) is 5.02 Å². The van der Waals surface area contributed by atoms with Gasteiger partial charge in [-0.3, -0.25) is 0 Å². The standard InChI is InChI=1S/C19H19ClO7/c20-12-8-6-11(7-9-12)18(24)25-10-14-15(21)16(22)17(23)19(27-14)26-13-4-2-1-3-5-13/h1-9,14-17,19,21-23H,10H2/t14-,15-,16+,17-,19-/m1/s1. The van der Waals surface area contributed by atoms with E-state index in [9.17, 15) is 20.1 Å². The molecule has 2 aromatic carbocycles. The highest BCUT2D eigenvalue weighted by Crippen LogP contribution is 2.24. The summed E-state index contributed by atoms with van der Waals surface area (Å²) in [4.78, 5) is 12.1. The Bertz CT molecular complexity index is 752. The van der Waals surface area contributed by atoms with Gasteiger partial charge in [0.25, 0.3) is 0 Å². The topological polar surface area (TPSA) is 105 Å². The Morgan fingerprint density at radius 3 is 2.30 bits per heavy atom. The monoisotopic (exact) mass is 394 g/mol. The molecule has 8 heteroatoms. The van der Waals surface area contributed by atoms with E-state index in [-0.39, 0.29) is 12.2 Å². The lowest BCUT2D eigenvalue weighted by atomic mass is 9.99. The van der Waals surface area contributed by atoms with Gasteiger partial charge in [-0.1, -0.05) is 29.8 Å². The predicted octanol–water partition coefficient (Wildman–Crippen LogP) is 1.38. The number of halogens is 1. The van der Waals surface area contributed by atoms with Crippen LogP contribution in [0, 0.1) is 0 Å². The molecule has 27 heavy (non-hydrogen) atoms. The molecule has 1 heterocycles. The molecule has 0 radical (unpaired) electrons. The number of para-hydroxylation sites is 1. The molecule has 5 atom stereocenters. The van der Waals surface area contributed by atoms with E-state index in [2.05, 4.69) is 0 Å². The van der Waals surface area contributed by atoms with E-state index in [1.807, 2.05) is 0 Å². The van der Waals surface area contributed by atoms with Crippen LogP contribution in [0.15, 0.2) is 54.6 Å². The zero-order chi connectivity index (χ0) is 19.4. The van der Waals surface area contributed by atoms with Gasteiger partial charge in [-0.05, 0) is 36.4 Å². The Balaban J connectivity index is 1.63. The van der Waals surface area contributed by atoms with Crippen LogP contribution < -0.4 is 4.74 Å². The van der Waals surface area contributed by atoms with Gasteiger partial charge in [0, 0.05) is 5.02 Å². The van der Waals surface area contributed by atoms with Crippen molar-refractivity contribution < 1.29 is 34.3 Å². The van der Waals surface area contributed by atoms with Crippen LogP contribution in [-0.2, 0) is 9.47 Å². The molecular weight excluding hydrogens is 376 g/mol. The molecule has 0 spiro atoms. The van der Waals surface area contributed by atoms with Gasteiger partial charge in [0.1, 0.15) is 36.8 Å². The SMILES string of the molecule is O=C(OC[C@H]1O[C@@H](Oc2ccccc2)[C@H](O)[C@@H](O)[C@@H]1O)c1ccc(Cl)cc1. The van der Waals surface area contributed by atoms with Crippen molar-refractivity contribution in [2.45, 2.75) is 30.7 Å². The van der Waals surface area contributed by atoms with Gasteiger partial charge in [0.2, 0.25) is 6.29 Å². The lowest BCUT2D eigenvalue weighted by molar-refractivity contribution is -0.277. The van der Waals surface area contributed by atoms with Gasteiger partial charge in [-0.15, -0.1) is 0 Å². The smallest absolute Gasteiger partial charge is 0.338 e. The summed E-state index contributed by atoms with van der Waals surface area (Å²) in [6, 6.07) is 14.7. The average molecular weight is 395 g/mol. The van der Waals surface area contributed by atoms with Gasteiger partial charge in [0.15, 0.2) is 0 Å². The van der Waals surface area contributed by atoms with E-state index in [1.54, 1.807) is 42.5 Å². The highest BCUT2D eigenvalue weighted by Gasteiger charge is 2.45. The number of benzene rings is 2. The number of hydrogen-bond donors (Lipinski definition) is 3. The predicted molar refractivity (Wildman–Crippen MR) is 95.5 cm³/mol. The number of rotatable bonds is 5. The maximum Gasteiger partial charge on any atom is 0.338 e. The fourth-order valence-corrected chi connectivity index (χ4v) is 2.74. The summed E-state index contributed by atoms with van der Waals surface area (Å²) in [5, 5.41) is 30.7. The minimum atomic E-state index is -1.52. The van der Waals surface area contributed by atoms with E-state index in [0.717, 1.165) is 0 Å². The van der Waals surface area contributed by atoms with Crippen molar-refractivity contribution in [2.75, 3.05) is 6.61 Å². The molecular formula is C19H19ClO7. The minimum Gasteiger partial charge on any atom is -0.462 e. The molecule has 1 fully saturated rings. The van der Waals surface area contributed by atoms with Gasteiger partial charge in [-0.25, -0.2) is 4.79 Å². The van der Waals surface area contributed by atoms with Crippen LogP contribution in [0.5, 0.6) is 5.75 Å². The number of aliphatic hydroxyl groups excluding tert-OH is 3. The summed E-state index contributed by atoms with van der Waals surface area (Å²) >= 11 is 5.78. The molecule has 7 nitrogen and oxygen atoms in total. The summed E-state index contributed by atoms with van der Waals surface area (Å²) in [5.74, 6) is -0.217. The van der Waals surface area contributed by atoms with E-state index >= 15 is 0 Å². The Morgan fingerprint density at radius 1 is 0.963 bits per heavy atom. The first-order valence-corrected chi connectivity index (χ1v) is 8.67. The van der Waals surface area contributed by atoms with Gasteiger partial charge in [-0.2, -0.15) is 0 Å². The van der Waals surface area contributed by atoms with Crippen LogP contribution in [0.1, 0.15) is 10.4 Å². The van der Waals surface area contributed by atoms with Gasteiger partial charge >= 0.3 is 5.97 Å². The average Bonchev–Trinajstić information content (AvgIpc) is 2.68. The molecule has 0 amide bonds. The molecule has 0 saturated carbocycles. The number of carbonyl (C=O) groups is 1. The van der Waals surface area contributed by atoms with Crippen LogP contribution in [0.25, 0.3) is 0 Å². The summed E-state index contributed by atoms with van der Waals surface area (Å²) in [5.41, 5.74) is 0.280. The largest absolute Gasteiger partial charge is 0.462 e. The van der Waals surface area contributed by atoms with Crippen LogP contribution in [0.4, 0.5) is 0 Å². The van der Waals surface area contributed by atoms with Gasteiger partial charge < -0.3 is 29.5 Å². The second-order valence-electron chi connectivity index (χ2n) is 6.05. The van der Waals surface area contributed by atoms with Crippen molar-refractivity contribution in [1.82, 2.24) is 0 Å². The Hall–Kier alpha value is -2.16. The summed E-state index contributed by atoms with van der Waals surface area (Å²) in [6.07, 6.45) is -6.75. The van der Waals surface area contributed by atoms with E-state index in [0.29, 0.717) is 10.8 Å². The van der Waals surface area contributed by atoms with E-state index in [1.165, 1.54) is 12.1 Å². The van der Waals surface area contributed by atoms with Crippen LogP contribution in [0.3, 0.4) is 0 Å². The quantitative estimate of drug-likeness (QED) is 0.658. The third-order valence-electron chi connectivity index (χ3n) is 4.12. The number of hydrogen-bond acceptors (Lipinski definition) is 7. The third kappa shape index (κ3) is 4.77. The maximum absolute atomic E-state index is 12.1. The maximum atomic E-state index is 12.1. The van der Waals surface area contributed by atoms with E-state index < -0.39 is 36.7 Å². The first kappa shape index (κ1) is 19.6.